The summed E-state index contributed by atoms with van der Waals surface area (Å²) >= 11 is 0. The number of rotatable bonds is 4. The van der Waals surface area contributed by atoms with Gasteiger partial charge >= 0.3 is 0 Å². The number of carbonyl (C=O) groups excluding carboxylic acids is 3. The summed E-state index contributed by atoms with van der Waals surface area (Å²) in [6.07, 6.45) is 1.74. The Morgan fingerprint density at radius 3 is 2.20 bits per heavy atom. The van der Waals surface area contributed by atoms with E-state index in [9.17, 15) is 14.4 Å². The van der Waals surface area contributed by atoms with Gasteiger partial charge in [0, 0.05) is 22.7 Å². The van der Waals surface area contributed by atoms with Crippen LogP contribution in [-0.2, 0) is 4.79 Å². The Morgan fingerprint density at radius 2 is 1.56 bits per heavy atom. The van der Waals surface area contributed by atoms with Crippen molar-refractivity contribution in [2.24, 2.45) is 5.92 Å². The minimum absolute atomic E-state index is 0.0272. The number of amides is 3. The Labute approximate surface area is 145 Å². The minimum Gasteiger partial charge on any atom is -0.322 e. The van der Waals surface area contributed by atoms with Crippen molar-refractivity contribution < 1.29 is 14.4 Å². The average molecular weight is 337 g/mol. The Bertz CT molecular complexity index is 811. The van der Waals surface area contributed by atoms with Gasteiger partial charge in [-0.15, -0.1) is 0 Å². The first-order valence-corrected chi connectivity index (χ1v) is 8.12. The first-order chi connectivity index (χ1) is 12.0. The number of carbonyl (C=O) groups is 3. The number of hydrazine groups is 1. The molecule has 0 aliphatic heterocycles. The fourth-order valence-corrected chi connectivity index (χ4v) is 2.37. The SMILES string of the molecule is Cc1ccccc1C(=O)Nc1ccc(C(=O)NNC(=O)C2CC2)cc1. The van der Waals surface area contributed by atoms with Crippen LogP contribution in [0.4, 0.5) is 5.69 Å². The molecule has 0 radical (unpaired) electrons. The molecular weight excluding hydrogens is 318 g/mol. The van der Waals surface area contributed by atoms with Crippen LogP contribution in [0.2, 0.25) is 0 Å². The molecule has 0 atom stereocenters. The van der Waals surface area contributed by atoms with Crippen LogP contribution in [0.15, 0.2) is 48.5 Å². The van der Waals surface area contributed by atoms with Crippen molar-refractivity contribution in [2.45, 2.75) is 19.8 Å². The van der Waals surface area contributed by atoms with Gasteiger partial charge in [-0.3, -0.25) is 25.2 Å². The molecule has 1 fully saturated rings. The van der Waals surface area contributed by atoms with Crippen molar-refractivity contribution in [2.75, 3.05) is 5.32 Å². The fourth-order valence-electron chi connectivity index (χ4n) is 2.37. The number of anilines is 1. The van der Waals surface area contributed by atoms with Crippen LogP contribution < -0.4 is 16.2 Å². The zero-order valence-electron chi connectivity index (χ0n) is 13.8. The van der Waals surface area contributed by atoms with E-state index >= 15 is 0 Å². The van der Waals surface area contributed by atoms with Crippen LogP contribution in [0.25, 0.3) is 0 Å². The second-order valence-corrected chi connectivity index (χ2v) is 6.06. The predicted octanol–water partition coefficient (Wildman–Crippen LogP) is 2.42. The highest BCUT2D eigenvalue weighted by molar-refractivity contribution is 6.05. The average Bonchev–Trinajstić information content (AvgIpc) is 3.45. The third-order valence-corrected chi connectivity index (χ3v) is 4.04. The van der Waals surface area contributed by atoms with Gasteiger partial charge in [-0.2, -0.15) is 0 Å². The monoisotopic (exact) mass is 337 g/mol. The molecule has 0 bridgehead atoms. The molecule has 3 rings (SSSR count). The van der Waals surface area contributed by atoms with Crippen LogP contribution in [0, 0.1) is 12.8 Å². The van der Waals surface area contributed by atoms with Crippen molar-refractivity contribution in [3.8, 4) is 0 Å². The van der Waals surface area contributed by atoms with Crippen molar-refractivity contribution in [1.29, 1.82) is 0 Å². The zero-order valence-corrected chi connectivity index (χ0v) is 13.8. The van der Waals surface area contributed by atoms with Crippen molar-refractivity contribution in [3.63, 3.8) is 0 Å². The molecule has 1 aliphatic rings. The summed E-state index contributed by atoms with van der Waals surface area (Å²) in [5.74, 6) is -0.729. The van der Waals surface area contributed by atoms with Gasteiger partial charge in [0.2, 0.25) is 5.91 Å². The summed E-state index contributed by atoms with van der Waals surface area (Å²) < 4.78 is 0. The fraction of sp³-hybridized carbons (Fsp3) is 0.211. The standard InChI is InChI=1S/C19H19N3O3/c1-12-4-2-3-5-16(12)19(25)20-15-10-8-14(9-11-15)18(24)22-21-17(23)13-6-7-13/h2-5,8-11,13H,6-7H2,1H3,(H,20,25)(H,21,23)(H,22,24). The number of nitrogens with one attached hydrogen (secondary N) is 3. The van der Waals surface area contributed by atoms with E-state index in [4.69, 9.17) is 0 Å². The van der Waals surface area contributed by atoms with Gasteiger partial charge in [0.15, 0.2) is 0 Å². The molecule has 0 heterocycles. The molecule has 6 heteroatoms. The molecule has 25 heavy (non-hydrogen) atoms. The number of benzene rings is 2. The van der Waals surface area contributed by atoms with E-state index in [1.807, 2.05) is 25.1 Å². The van der Waals surface area contributed by atoms with E-state index < -0.39 is 5.91 Å². The Balaban J connectivity index is 1.58. The molecule has 3 N–H and O–H groups in total. The molecule has 128 valence electrons. The van der Waals surface area contributed by atoms with Gasteiger partial charge in [0.05, 0.1) is 0 Å². The van der Waals surface area contributed by atoms with Crippen molar-refractivity contribution in [1.82, 2.24) is 10.9 Å². The number of hydrogen-bond acceptors (Lipinski definition) is 3. The molecule has 0 spiro atoms. The van der Waals surface area contributed by atoms with Crippen LogP contribution in [0.3, 0.4) is 0 Å². The summed E-state index contributed by atoms with van der Waals surface area (Å²) in [5, 5.41) is 2.80. The third kappa shape index (κ3) is 4.23. The Hall–Kier alpha value is -3.15. The molecular formula is C19H19N3O3. The van der Waals surface area contributed by atoms with Crippen molar-refractivity contribution in [3.05, 3.63) is 65.2 Å². The smallest absolute Gasteiger partial charge is 0.269 e. The van der Waals surface area contributed by atoms with Crippen LogP contribution >= 0.6 is 0 Å². The lowest BCUT2D eigenvalue weighted by Crippen LogP contribution is -2.42. The Morgan fingerprint density at radius 1 is 0.880 bits per heavy atom. The Kier molecular flexibility index (Phi) is 4.79. The van der Waals surface area contributed by atoms with Crippen LogP contribution in [-0.4, -0.2) is 17.7 Å². The first-order valence-electron chi connectivity index (χ1n) is 8.12. The predicted molar refractivity (Wildman–Crippen MR) is 93.9 cm³/mol. The minimum atomic E-state index is -0.397. The molecule has 1 saturated carbocycles. The molecule has 2 aromatic carbocycles. The van der Waals surface area contributed by atoms with E-state index in [1.165, 1.54) is 0 Å². The van der Waals surface area contributed by atoms with E-state index in [-0.39, 0.29) is 17.7 Å². The maximum absolute atomic E-state index is 12.3. The summed E-state index contributed by atoms with van der Waals surface area (Å²) in [5.41, 5.74) is 7.28. The lowest BCUT2D eigenvalue weighted by molar-refractivity contribution is -0.123. The van der Waals surface area contributed by atoms with Crippen molar-refractivity contribution >= 4 is 23.4 Å². The van der Waals surface area contributed by atoms with E-state index in [2.05, 4.69) is 16.2 Å². The van der Waals surface area contributed by atoms with Gasteiger partial charge in [-0.05, 0) is 55.7 Å². The van der Waals surface area contributed by atoms with Gasteiger partial charge in [-0.25, -0.2) is 0 Å². The van der Waals surface area contributed by atoms with Gasteiger partial charge in [0.25, 0.3) is 11.8 Å². The lowest BCUT2D eigenvalue weighted by Gasteiger charge is -2.09. The molecule has 0 unspecified atom stereocenters. The van der Waals surface area contributed by atoms with E-state index in [0.29, 0.717) is 16.8 Å². The second kappa shape index (κ2) is 7.17. The largest absolute Gasteiger partial charge is 0.322 e. The van der Waals surface area contributed by atoms with E-state index in [0.717, 1.165) is 18.4 Å². The summed E-state index contributed by atoms with van der Waals surface area (Å²) in [6.45, 7) is 1.87. The second-order valence-electron chi connectivity index (χ2n) is 6.06. The highest BCUT2D eigenvalue weighted by atomic mass is 16.2. The quantitative estimate of drug-likeness (QED) is 0.749. The number of hydrogen-bond donors (Lipinski definition) is 3. The third-order valence-electron chi connectivity index (χ3n) is 4.04. The summed E-state index contributed by atoms with van der Waals surface area (Å²) in [7, 11) is 0. The van der Waals surface area contributed by atoms with Gasteiger partial charge in [-0.1, -0.05) is 18.2 Å². The first kappa shape index (κ1) is 16.7. The summed E-state index contributed by atoms with van der Waals surface area (Å²) in [6, 6.07) is 13.8. The molecule has 0 saturated heterocycles. The molecule has 1 aliphatic carbocycles. The van der Waals surface area contributed by atoms with Crippen LogP contribution in [0.1, 0.15) is 39.1 Å². The van der Waals surface area contributed by atoms with Gasteiger partial charge < -0.3 is 5.32 Å². The van der Waals surface area contributed by atoms with Gasteiger partial charge in [0.1, 0.15) is 0 Å². The highest BCUT2D eigenvalue weighted by Gasteiger charge is 2.29. The van der Waals surface area contributed by atoms with E-state index in [1.54, 1.807) is 30.3 Å². The summed E-state index contributed by atoms with van der Waals surface area (Å²) in [4.78, 5) is 35.7. The topological polar surface area (TPSA) is 87.3 Å². The maximum Gasteiger partial charge on any atom is 0.269 e. The molecule has 2 aromatic rings. The maximum atomic E-state index is 12.3. The zero-order chi connectivity index (χ0) is 17.8. The van der Waals surface area contributed by atoms with Crippen LogP contribution in [0.5, 0.6) is 0 Å². The highest BCUT2D eigenvalue weighted by Crippen LogP contribution is 2.28. The normalized spacial score (nSPS) is 13.0. The lowest BCUT2D eigenvalue weighted by atomic mass is 10.1. The number of aryl methyl sites for hydroxylation is 1. The molecule has 6 nitrogen and oxygen atoms in total. The molecule has 3 amide bonds. The molecule has 0 aromatic heterocycles.